The lowest BCUT2D eigenvalue weighted by atomic mass is 9.92. The number of ether oxygens (including phenoxy) is 4. The van der Waals surface area contributed by atoms with Gasteiger partial charge in [-0.1, -0.05) is 69.1 Å². The van der Waals surface area contributed by atoms with Gasteiger partial charge in [-0.05, 0) is 66.3 Å². The molecule has 2 aromatic rings. The molecule has 2 amide bonds. The van der Waals surface area contributed by atoms with Crippen molar-refractivity contribution in [2.75, 3.05) is 13.7 Å². The monoisotopic (exact) mass is 702 g/mol. The first kappa shape index (κ1) is 37.2. The molecule has 4 rings (SSSR count). The Bertz CT molecular complexity index is 1530. The van der Waals surface area contributed by atoms with E-state index < -0.39 is 47.9 Å². The van der Waals surface area contributed by atoms with Gasteiger partial charge in [-0.25, -0.2) is 4.79 Å². The molecule has 0 aliphatic carbocycles. The van der Waals surface area contributed by atoms with E-state index in [-0.39, 0.29) is 49.9 Å². The molecule has 0 bridgehead atoms. The van der Waals surface area contributed by atoms with Crippen molar-refractivity contribution in [1.29, 1.82) is 0 Å². The van der Waals surface area contributed by atoms with E-state index in [1.54, 1.807) is 31.2 Å². The number of hydrogen-bond acceptors (Lipinski definition) is 8. The molecule has 10 nitrogen and oxygen atoms in total. The van der Waals surface area contributed by atoms with Gasteiger partial charge in [0, 0.05) is 30.3 Å². The third-order valence-corrected chi connectivity index (χ3v) is 9.08. The molecule has 12 heteroatoms. The van der Waals surface area contributed by atoms with Crippen LogP contribution in [0.2, 0.25) is 10.0 Å². The number of halogens is 2. The van der Waals surface area contributed by atoms with Crippen LogP contribution in [0, 0.1) is 24.7 Å². The number of esters is 2. The lowest BCUT2D eigenvalue weighted by Gasteiger charge is -2.27. The number of cyclic esters (lactones) is 2. The first-order valence-corrected chi connectivity index (χ1v) is 16.9. The maximum atomic E-state index is 13.5. The Morgan fingerprint density at radius 1 is 1.00 bits per heavy atom. The van der Waals surface area contributed by atoms with Gasteiger partial charge in [0.1, 0.15) is 24.0 Å². The molecular weight excluding hydrogens is 659 g/mol. The highest BCUT2D eigenvalue weighted by atomic mass is 35.5. The van der Waals surface area contributed by atoms with Gasteiger partial charge < -0.3 is 29.6 Å². The predicted octanol–water partition coefficient (Wildman–Crippen LogP) is 5.70. The highest BCUT2D eigenvalue weighted by molar-refractivity contribution is 6.32. The van der Waals surface area contributed by atoms with E-state index in [2.05, 4.69) is 10.6 Å². The molecule has 0 spiro atoms. The van der Waals surface area contributed by atoms with Crippen LogP contribution in [0.4, 0.5) is 0 Å². The summed E-state index contributed by atoms with van der Waals surface area (Å²) in [6.45, 7) is 9.23. The smallest absolute Gasteiger partial charge is 0.347 e. The minimum atomic E-state index is -1.15. The second-order valence-electron chi connectivity index (χ2n) is 12.9. The molecule has 48 heavy (non-hydrogen) atoms. The highest BCUT2D eigenvalue weighted by Crippen LogP contribution is 2.46. The van der Waals surface area contributed by atoms with Crippen molar-refractivity contribution in [3.63, 3.8) is 0 Å². The summed E-state index contributed by atoms with van der Waals surface area (Å²) in [5.74, 6) is -2.90. The van der Waals surface area contributed by atoms with E-state index in [4.69, 9.17) is 42.1 Å². The fourth-order valence-electron chi connectivity index (χ4n) is 5.69. The van der Waals surface area contributed by atoms with Crippen molar-refractivity contribution in [3.05, 3.63) is 75.3 Å². The molecule has 0 radical (unpaired) electrons. The molecule has 2 aliphatic heterocycles. The van der Waals surface area contributed by atoms with Gasteiger partial charge in [0.15, 0.2) is 6.10 Å². The number of carbonyl (C=O) groups excluding carboxylic acids is 4. The molecule has 0 saturated carbocycles. The molecule has 2 aromatic carbocycles. The van der Waals surface area contributed by atoms with Gasteiger partial charge in [0.05, 0.1) is 24.2 Å². The van der Waals surface area contributed by atoms with Crippen LogP contribution in [0.15, 0.2) is 48.6 Å². The van der Waals surface area contributed by atoms with Crippen LogP contribution < -0.4 is 15.4 Å². The molecule has 1 fully saturated rings. The minimum absolute atomic E-state index is 0.0201. The second kappa shape index (κ2) is 16.7. The van der Waals surface area contributed by atoms with Gasteiger partial charge in [-0.15, -0.1) is 0 Å². The van der Waals surface area contributed by atoms with Crippen molar-refractivity contribution in [3.8, 4) is 5.75 Å². The van der Waals surface area contributed by atoms with Crippen LogP contribution in [-0.2, 0) is 39.8 Å². The molecule has 2 heterocycles. The maximum absolute atomic E-state index is 13.5. The van der Waals surface area contributed by atoms with Crippen molar-refractivity contribution in [2.24, 2.45) is 17.8 Å². The van der Waals surface area contributed by atoms with Gasteiger partial charge in [0.25, 0.3) is 0 Å². The summed E-state index contributed by atoms with van der Waals surface area (Å²) in [5.41, 5.74) is 2.68. The zero-order valence-corrected chi connectivity index (χ0v) is 29.6. The molecule has 2 N–H and O–H groups in total. The number of methoxy groups -OCH3 is 1. The summed E-state index contributed by atoms with van der Waals surface area (Å²) < 4.78 is 23.0. The number of amides is 2. The maximum Gasteiger partial charge on any atom is 0.347 e. The third-order valence-electron chi connectivity index (χ3n) is 8.55. The predicted molar refractivity (Wildman–Crippen MR) is 182 cm³/mol. The van der Waals surface area contributed by atoms with Gasteiger partial charge in [0.2, 0.25) is 11.8 Å². The number of nitrogens with one attached hydrogen (secondary N) is 2. The quantitative estimate of drug-likeness (QED) is 0.265. The first-order chi connectivity index (χ1) is 22.8. The van der Waals surface area contributed by atoms with Crippen LogP contribution in [0.1, 0.15) is 63.3 Å². The third kappa shape index (κ3) is 9.96. The normalized spacial score (nSPS) is 26.3. The number of rotatable bonds is 8. The largest absolute Gasteiger partial charge is 0.495 e. The van der Waals surface area contributed by atoms with Crippen molar-refractivity contribution in [2.45, 2.75) is 84.3 Å². The van der Waals surface area contributed by atoms with Crippen LogP contribution in [0.25, 0.3) is 0 Å². The summed E-state index contributed by atoms with van der Waals surface area (Å²) in [7, 11) is 1.50. The summed E-state index contributed by atoms with van der Waals surface area (Å²) >= 11 is 12.5. The number of benzene rings is 2. The summed E-state index contributed by atoms with van der Waals surface area (Å²) in [4.78, 5) is 53.2. The van der Waals surface area contributed by atoms with Crippen LogP contribution >= 0.6 is 23.2 Å². The van der Waals surface area contributed by atoms with E-state index in [0.29, 0.717) is 21.4 Å². The summed E-state index contributed by atoms with van der Waals surface area (Å²) in [6.07, 6.45) is 1.17. The van der Waals surface area contributed by atoms with Crippen molar-refractivity contribution >= 4 is 47.0 Å². The highest BCUT2D eigenvalue weighted by Gasteiger charge is 2.48. The molecule has 0 aromatic heterocycles. The second-order valence-corrected chi connectivity index (χ2v) is 13.8. The molecule has 2 aliphatic rings. The molecule has 260 valence electrons. The average molecular weight is 704 g/mol. The van der Waals surface area contributed by atoms with E-state index in [9.17, 15) is 19.2 Å². The molecule has 2 unspecified atom stereocenters. The van der Waals surface area contributed by atoms with Crippen LogP contribution in [0.3, 0.4) is 0 Å². The van der Waals surface area contributed by atoms with Crippen molar-refractivity contribution in [1.82, 2.24) is 10.6 Å². The van der Waals surface area contributed by atoms with Gasteiger partial charge in [-0.2, -0.15) is 0 Å². The first-order valence-electron chi connectivity index (χ1n) is 16.2. The Labute approximate surface area is 291 Å². The fraction of sp³-hybridized carbons (Fsp3) is 0.500. The molecule has 1 saturated heterocycles. The minimum Gasteiger partial charge on any atom is -0.495 e. The van der Waals surface area contributed by atoms with Crippen LogP contribution in [-0.4, -0.2) is 61.8 Å². The summed E-state index contributed by atoms with van der Waals surface area (Å²) in [5, 5.41) is 6.48. The Morgan fingerprint density at radius 2 is 1.75 bits per heavy atom. The lowest BCUT2D eigenvalue weighted by Crippen LogP contribution is -2.49. The van der Waals surface area contributed by atoms with E-state index >= 15 is 0 Å². The fourth-order valence-corrected chi connectivity index (χ4v) is 6.19. The lowest BCUT2D eigenvalue weighted by molar-refractivity contribution is -0.176. The van der Waals surface area contributed by atoms with E-state index in [0.717, 1.165) is 11.1 Å². The number of aryl methyl sites for hydroxylation is 1. The van der Waals surface area contributed by atoms with E-state index in [1.165, 1.54) is 13.2 Å². The Morgan fingerprint density at radius 3 is 2.42 bits per heavy atom. The summed E-state index contributed by atoms with van der Waals surface area (Å²) in [6, 6.07) is 9.74. The SMILES string of the molecule is COc1ccc(C[C@H]2NC(=O)C=CC[C@@H]([C@H](C)C3OC3c3ccc(Cl)cc3C)OC(=O)[C@H](CC(C)C)OC(=O)[C@H](C)CNC2=O)cc1Cl. The van der Waals surface area contributed by atoms with Gasteiger partial charge >= 0.3 is 11.9 Å². The topological polar surface area (TPSA) is 133 Å². The number of carbonyl (C=O) groups is 4. The molecular formula is C36H44Cl2N2O8. The van der Waals surface area contributed by atoms with Gasteiger partial charge in [-0.3, -0.25) is 14.4 Å². The van der Waals surface area contributed by atoms with Crippen molar-refractivity contribution < 1.29 is 38.1 Å². The Hall–Kier alpha value is -3.60. The number of epoxide rings is 1. The number of hydrogen-bond donors (Lipinski definition) is 2. The molecule has 7 atom stereocenters. The Kier molecular flexibility index (Phi) is 12.9. The average Bonchev–Trinajstić information content (AvgIpc) is 3.82. The standard InChI is InChI=1S/C36H44Cl2N2O8/c1-19(2)14-30-36(44)46-28(22(5)32-33(48-32)25-12-11-24(37)15-20(25)3)8-7-9-31(41)40-27(34(42)39-18-21(4)35(43)47-30)17-23-10-13-29(45-6)26(38)16-23/h7,9-13,15-16,19,21-22,27-28,30,32-33H,8,14,17-18H2,1-6H3,(H,39,42)(H,40,41)/t21-,22+,27-,28+,30+,32?,33?/m1/s1. The van der Waals surface area contributed by atoms with E-state index in [1.807, 2.05) is 45.9 Å². The van der Waals surface area contributed by atoms with Crippen LogP contribution in [0.5, 0.6) is 5.75 Å². The Balaban J connectivity index is 1.59. The zero-order chi connectivity index (χ0) is 35.1. The zero-order valence-electron chi connectivity index (χ0n) is 28.1.